The summed E-state index contributed by atoms with van der Waals surface area (Å²) in [6, 6.07) is 17.2. The fourth-order valence-electron chi connectivity index (χ4n) is 1.81. The van der Waals surface area contributed by atoms with Gasteiger partial charge in [0, 0.05) is 10.9 Å². The van der Waals surface area contributed by atoms with Crippen LogP contribution in [0.1, 0.15) is 17.3 Å². The van der Waals surface area contributed by atoms with Crippen LogP contribution < -0.4 is 5.30 Å². The first-order chi connectivity index (χ1) is 9.18. The summed E-state index contributed by atoms with van der Waals surface area (Å²) in [4.78, 5) is 12.5. The topological polar surface area (TPSA) is 43.4 Å². The Kier molecular flexibility index (Phi) is 4.31. The highest BCUT2D eigenvalue weighted by atomic mass is 31.2. The van der Waals surface area contributed by atoms with Crippen molar-refractivity contribution < 1.29 is 13.9 Å². The van der Waals surface area contributed by atoms with Crippen LogP contribution in [0.5, 0.6) is 0 Å². The smallest absolute Gasteiger partial charge is 0.300 e. The molecule has 1 atom stereocenters. The van der Waals surface area contributed by atoms with E-state index in [0.717, 1.165) is 0 Å². The third-order valence-electron chi connectivity index (χ3n) is 2.70. The van der Waals surface area contributed by atoms with Gasteiger partial charge in [-0.25, -0.2) is 0 Å². The van der Waals surface area contributed by atoms with Crippen molar-refractivity contribution >= 4 is 18.2 Å². The Morgan fingerprint density at radius 1 is 1.00 bits per heavy atom. The summed E-state index contributed by atoms with van der Waals surface area (Å²) in [6.07, 6.45) is 0. The van der Waals surface area contributed by atoms with Gasteiger partial charge in [-0.1, -0.05) is 48.5 Å². The first kappa shape index (κ1) is 13.7. The first-order valence-electron chi connectivity index (χ1n) is 6.08. The van der Waals surface area contributed by atoms with E-state index in [1.54, 1.807) is 55.5 Å². The molecule has 4 heteroatoms. The van der Waals surface area contributed by atoms with Crippen LogP contribution in [-0.2, 0) is 9.09 Å². The number of carbonyl (C=O) groups excluding carboxylic acids is 1. The highest BCUT2D eigenvalue weighted by Crippen LogP contribution is 2.48. The third-order valence-corrected chi connectivity index (χ3v) is 5.09. The molecular weight excluding hydrogens is 259 g/mol. The lowest BCUT2D eigenvalue weighted by Gasteiger charge is -2.16. The van der Waals surface area contributed by atoms with Gasteiger partial charge < -0.3 is 4.52 Å². The summed E-state index contributed by atoms with van der Waals surface area (Å²) < 4.78 is 18.3. The van der Waals surface area contributed by atoms with Gasteiger partial charge >= 0.3 is 7.37 Å². The molecule has 3 nitrogen and oxygen atoms in total. The van der Waals surface area contributed by atoms with Gasteiger partial charge in [0.05, 0.1) is 6.61 Å². The van der Waals surface area contributed by atoms with E-state index in [-0.39, 0.29) is 6.61 Å². The van der Waals surface area contributed by atoms with Gasteiger partial charge in [0.1, 0.15) is 0 Å². The van der Waals surface area contributed by atoms with E-state index in [9.17, 15) is 9.36 Å². The van der Waals surface area contributed by atoms with E-state index in [2.05, 4.69) is 0 Å². The van der Waals surface area contributed by atoms with Crippen molar-refractivity contribution in [2.45, 2.75) is 6.92 Å². The van der Waals surface area contributed by atoms with Crippen LogP contribution >= 0.6 is 7.37 Å². The Labute approximate surface area is 112 Å². The second kappa shape index (κ2) is 5.96. The van der Waals surface area contributed by atoms with Gasteiger partial charge in [-0.15, -0.1) is 0 Å². The molecule has 2 aromatic rings. The minimum absolute atomic E-state index is 0.227. The van der Waals surface area contributed by atoms with E-state index in [0.29, 0.717) is 10.9 Å². The number of hydrogen-bond donors (Lipinski definition) is 0. The Morgan fingerprint density at radius 2 is 1.53 bits per heavy atom. The maximum absolute atomic E-state index is 12.9. The molecule has 19 heavy (non-hydrogen) atoms. The molecule has 0 radical (unpaired) electrons. The largest absolute Gasteiger partial charge is 0.320 e. The lowest BCUT2D eigenvalue weighted by Crippen LogP contribution is -2.15. The average Bonchev–Trinajstić information content (AvgIpc) is 2.48. The van der Waals surface area contributed by atoms with Crippen LogP contribution in [0.2, 0.25) is 0 Å². The summed E-state index contributed by atoms with van der Waals surface area (Å²) in [5.41, 5.74) is -0.0516. The molecule has 1 unspecified atom stereocenters. The summed E-state index contributed by atoms with van der Waals surface area (Å²) in [5.74, 6) is 0. The van der Waals surface area contributed by atoms with Crippen molar-refractivity contribution in [3.63, 3.8) is 0 Å². The Hall–Kier alpha value is -1.70. The van der Waals surface area contributed by atoms with Gasteiger partial charge in [0.25, 0.3) is 5.52 Å². The highest BCUT2D eigenvalue weighted by Gasteiger charge is 2.35. The maximum atomic E-state index is 12.9. The normalized spacial score (nSPS) is 13.7. The van der Waals surface area contributed by atoms with Gasteiger partial charge in [-0.2, -0.15) is 0 Å². The third kappa shape index (κ3) is 2.83. The van der Waals surface area contributed by atoms with Gasteiger partial charge in [0.2, 0.25) is 0 Å². The van der Waals surface area contributed by atoms with E-state index in [1.807, 2.05) is 12.1 Å². The molecule has 0 fully saturated rings. The Balaban J connectivity index is 2.46. The maximum Gasteiger partial charge on any atom is 0.300 e. The quantitative estimate of drug-likeness (QED) is 0.784. The molecule has 0 bridgehead atoms. The molecule has 0 aliphatic heterocycles. The number of hydrogen-bond acceptors (Lipinski definition) is 3. The minimum atomic E-state index is -3.52. The second-order valence-electron chi connectivity index (χ2n) is 3.98. The molecule has 0 saturated carbocycles. The molecule has 2 rings (SSSR count). The number of carbonyl (C=O) groups is 1. The number of benzene rings is 2. The SMILES string of the molecule is CCOP(=O)(C(=O)c1ccccc1)c1ccccc1. The lowest BCUT2D eigenvalue weighted by molar-refractivity contribution is 0.105. The second-order valence-corrected chi connectivity index (χ2v) is 6.26. The van der Waals surface area contributed by atoms with Crippen LogP contribution in [0.15, 0.2) is 60.7 Å². The van der Waals surface area contributed by atoms with Gasteiger partial charge in [-0.05, 0) is 19.1 Å². The lowest BCUT2D eigenvalue weighted by atomic mass is 10.2. The van der Waals surface area contributed by atoms with Crippen molar-refractivity contribution in [1.82, 2.24) is 0 Å². The highest BCUT2D eigenvalue weighted by molar-refractivity contribution is 7.83. The fourth-order valence-corrected chi connectivity index (χ4v) is 3.73. The standard InChI is InChI=1S/C15H15O3P/c1-2-18-19(17,14-11-7-4-8-12-14)15(16)13-9-5-3-6-10-13/h3-12H,2H2,1H3. The molecule has 0 amide bonds. The Morgan fingerprint density at radius 3 is 2.05 bits per heavy atom. The van der Waals surface area contributed by atoms with Gasteiger partial charge in [-0.3, -0.25) is 9.36 Å². The van der Waals surface area contributed by atoms with Crippen LogP contribution in [0.4, 0.5) is 0 Å². The molecule has 2 aromatic carbocycles. The van der Waals surface area contributed by atoms with Crippen molar-refractivity contribution in [3.05, 3.63) is 66.2 Å². The van der Waals surface area contributed by atoms with Crippen molar-refractivity contribution in [3.8, 4) is 0 Å². The van der Waals surface area contributed by atoms with Crippen LogP contribution in [0.3, 0.4) is 0 Å². The fraction of sp³-hybridized carbons (Fsp3) is 0.133. The predicted molar refractivity (Wildman–Crippen MR) is 76.1 cm³/mol. The first-order valence-corrected chi connectivity index (χ1v) is 7.71. The van der Waals surface area contributed by atoms with E-state index >= 15 is 0 Å². The molecule has 98 valence electrons. The predicted octanol–water partition coefficient (Wildman–Crippen LogP) is 3.47. The average molecular weight is 274 g/mol. The molecule has 0 spiro atoms. The van der Waals surface area contributed by atoms with Crippen LogP contribution in [0.25, 0.3) is 0 Å². The molecule has 0 aliphatic carbocycles. The van der Waals surface area contributed by atoms with Crippen LogP contribution in [-0.4, -0.2) is 12.1 Å². The zero-order chi connectivity index (χ0) is 13.7. The number of rotatable bonds is 5. The van der Waals surface area contributed by atoms with Crippen molar-refractivity contribution in [2.75, 3.05) is 6.61 Å². The zero-order valence-electron chi connectivity index (χ0n) is 10.7. The summed E-state index contributed by atoms with van der Waals surface area (Å²) in [7, 11) is -3.52. The molecular formula is C15H15O3P. The summed E-state index contributed by atoms with van der Waals surface area (Å²) in [6.45, 7) is 1.96. The Bertz CT molecular complexity index is 593. The van der Waals surface area contributed by atoms with E-state index in [4.69, 9.17) is 4.52 Å². The van der Waals surface area contributed by atoms with Gasteiger partial charge in [0.15, 0.2) is 0 Å². The molecule has 0 N–H and O–H groups in total. The minimum Gasteiger partial charge on any atom is -0.320 e. The molecule has 0 saturated heterocycles. The van der Waals surface area contributed by atoms with Crippen molar-refractivity contribution in [2.24, 2.45) is 0 Å². The summed E-state index contributed by atoms with van der Waals surface area (Å²) >= 11 is 0. The monoisotopic (exact) mass is 274 g/mol. The van der Waals surface area contributed by atoms with Crippen LogP contribution in [0, 0.1) is 0 Å². The zero-order valence-corrected chi connectivity index (χ0v) is 11.5. The molecule has 0 aromatic heterocycles. The molecule has 0 aliphatic rings. The summed E-state index contributed by atoms with van der Waals surface area (Å²) in [5, 5.41) is 0.436. The van der Waals surface area contributed by atoms with E-state index < -0.39 is 12.9 Å². The van der Waals surface area contributed by atoms with Crippen molar-refractivity contribution in [1.29, 1.82) is 0 Å². The molecule has 0 heterocycles. The van der Waals surface area contributed by atoms with E-state index in [1.165, 1.54) is 0 Å².